The van der Waals surface area contributed by atoms with Crippen LogP contribution < -0.4 is 0 Å². The maximum Gasteiger partial charge on any atom is 0.303 e. The maximum atomic E-state index is 12.2. The maximum absolute atomic E-state index is 12.2. The van der Waals surface area contributed by atoms with Gasteiger partial charge in [0.1, 0.15) is 5.78 Å². The third kappa shape index (κ3) is 7.86. The Balaban J connectivity index is 2.52. The van der Waals surface area contributed by atoms with Gasteiger partial charge in [-0.15, -0.1) is 0 Å². The second kappa shape index (κ2) is 11.3. The number of carboxylic acids is 1. The van der Waals surface area contributed by atoms with Gasteiger partial charge in [-0.25, -0.2) is 0 Å². The van der Waals surface area contributed by atoms with Gasteiger partial charge in [-0.05, 0) is 43.4 Å². The average Bonchev–Trinajstić information content (AvgIpc) is 2.93. The number of rotatable bonds is 12. The molecule has 0 amide bonds. The lowest BCUT2D eigenvalue weighted by molar-refractivity contribution is -0.137. The largest absolute Gasteiger partial charge is 0.481 e. The molecule has 3 atom stereocenters. The summed E-state index contributed by atoms with van der Waals surface area (Å²) in [7, 11) is 0. The van der Waals surface area contributed by atoms with Crippen molar-refractivity contribution in [1.82, 2.24) is 0 Å². The number of carboxylic acid groups (broad SMARTS) is 1. The molecule has 0 saturated heterocycles. The molecule has 1 rings (SSSR count). The van der Waals surface area contributed by atoms with Crippen LogP contribution in [0.1, 0.15) is 78.6 Å². The molecule has 1 aliphatic carbocycles. The van der Waals surface area contributed by atoms with Crippen LogP contribution in [0.25, 0.3) is 0 Å². The first-order valence-corrected chi connectivity index (χ1v) is 10.0. The van der Waals surface area contributed by atoms with E-state index in [1.807, 2.05) is 24.3 Å². The number of hydrogen-bond acceptors (Lipinski definition) is 3. The fourth-order valence-electron chi connectivity index (χ4n) is 3.49. The van der Waals surface area contributed by atoms with Crippen LogP contribution in [0.4, 0.5) is 0 Å². The average molecular weight is 365 g/mol. The number of carbonyl (C=O) groups excluding carboxylic acids is 1. The van der Waals surface area contributed by atoms with E-state index in [9.17, 15) is 14.7 Å². The van der Waals surface area contributed by atoms with Crippen LogP contribution in [0.15, 0.2) is 24.3 Å². The van der Waals surface area contributed by atoms with Crippen molar-refractivity contribution >= 4 is 11.8 Å². The summed E-state index contributed by atoms with van der Waals surface area (Å²) in [6.07, 6.45) is 14.4. The second-order valence-corrected chi connectivity index (χ2v) is 8.19. The first-order chi connectivity index (χ1) is 12.3. The Hall–Kier alpha value is -1.42. The highest BCUT2D eigenvalue weighted by atomic mass is 16.4. The molecule has 1 saturated carbocycles. The van der Waals surface area contributed by atoms with Gasteiger partial charge >= 0.3 is 5.97 Å². The second-order valence-electron chi connectivity index (χ2n) is 8.19. The van der Waals surface area contributed by atoms with Crippen LogP contribution >= 0.6 is 0 Å². The number of allylic oxidation sites excluding steroid dienone is 3. The van der Waals surface area contributed by atoms with Crippen LogP contribution in [0.5, 0.6) is 0 Å². The smallest absolute Gasteiger partial charge is 0.303 e. The Kier molecular flexibility index (Phi) is 9.85. The molecule has 1 fully saturated rings. The van der Waals surface area contributed by atoms with E-state index in [1.165, 1.54) is 0 Å². The van der Waals surface area contributed by atoms with E-state index in [2.05, 4.69) is 20.8 Å². The Labute approximate surface area is 158 Å². The third-order valence-electron chi connectivity index (χ3n) is 5.49. The zero-order valence-corrected chi connectivity index (χ0v) is 16.6. The number of hydrogen-bond donors (Lipinski definition) is 2. The van der Waals surface area contributed by atoms with E-state index in [0.29, 0.717) is 25.0 Å². The van der Waals surface area contributed by atoms with Gasteiger partial charge in [0, 0.05) is 18.8 Å². The minimum atomic E-state index is -0.769. The van der Waals surface area contributed by atoms with Crippen molar-refractivity contribution in [3.8, 4) is 0 Å². The van der Waals surface area contributed by atoms with Crippen LogP contribution in [-0.4, -0.2) is 28.1 Å². The highest BCUT2D eigenvalue weighted by Gasteiger charge is 2.32. The summed E-state index contributed by atoms with van der Waals surface area (Å²) in [5.74, 6) is -0.278. The lowest BCUT2D eigenvalue weighted by Gasteiger charge is -2.29. The number of carbonyl (C=O) groups is 2. The minimum absolute atomic E-state index is 0.00655. The summed E-state index contributed by atoms with van der Waals surface area (Å²) in [6.45, 7) is 6.34. The molecule has 0 radical (unpaired) electrons. The summed E-state index contributed by atoms with van der Waals surface area (Å²) in [6, 6.07) is 0. The number of aliphatic carboxylic acids is 1. The zero-order valence-electron chi connectivity index (χ0n) is 16.6. The molecule has 4 nitrogen and oxygen atoms in total. The SMILES string of the molecule is CCCCC(C)(C)[C@H](O)/C=C/[C@H]1CCC(=O)[C@@H]1C/C=C/CCCC(=O)O. The van der Waals surface area contributed by atoms with Gasteiger partial charge in [0.25, 0.3) is 0 Å². The summed E-state index contributed by atoms with van der Waals surface area (Å²) >= 11 is 0. The fourth-order valence-corrected chi connectivity index (χ4v) is 3.49. The molecule has 0 aromatic rings. The highest BCUT2D eigenvalue weighted by molar-refractivity contribution is 5.83. The van der Waals surface area contributed by atoms with E-state index in [4.69, 9.17) is 5.11 Å². The first-order valence-electron chi connectivity index (χ1n) is 10.0. The molecular weight excluding hydrogens is 328 g/mol. The molecule has 0 aromatic heterocycles. The van der Waals surface area contributed by atoms with Gasteiger partial charge in [0.15, 0.2) is 0 Å². The molecule has 0 spiro atoms. The zero-order chi connectivity index (χ0) is 19.6. The number of aliphatic hydroxyl groups is 1. The van der Waals surface area contributed by atoms with E-state index in [-0.39, 0.29) is 23.7 Å². The number of aliphatic hydroxyl groups excluding tert-OH is 1. The minimum Gasteiger partial charge on any atom is -0.481 e. The topological polar surface area (TPSA) is 74.6 Å². The lowest BCUT2D eigenvalue weighted by atomic mass is 9.80. The Morgan fingerprint density at radius 1 is 1.31 bits per heavy atom. The fraction of sp³-hybridized carbons (Fsp3) is 0.727. The molecule has 148 valence electrons. The van der Waals surface area contributed by atoms with E-state index in [1.54, 1.807) is 0 Å². The molecular formula is C22H36O4. The predicted octanol–water partition coefficient (Wildman–Crippen LogP) is 4.92. The number of Topliss-reactive ketones (excluding diaryl/α,β-unsaturated/α-hetero) is 1. The summed E-state index contributed by atoms with van der Waals surface area (Å²) in [5, 5.41) is 19.1. The van der Waals surface area contributed by atoms with Crippen LogP contribution in [-0.2, 0) is 9.59 Å². The highest BCUT2D eigenvalue weighted by Crippen LogP contribution is 2.34. The monoisotopic (exact) mass is 364 g/mol. The van der Waals surface area contributed by atoms with Gasteiger partial charge in [0.05, 0.1) is 6.10 Å². The Bertz CT molecular complexity index is 504. The Morgan fingerprint density at radius 3 is 2.69 bits per heavy atom. The molecule has 1 aliphatic rings. The molecule has 2 N–H and O–H groups in total. The predicted molar refractivity (Wildman–Crippen MR) is 105 cm³/mol. The van der Waals surface area contributed by atoms with Crippen molar-refractivity contribution < 1.29 is 19.8 Å². The van der Waals surface area contributed by atoms with Gasteiger partial charge in [0.2, 0.25) is 0 Å². The normalized spacial score (nSPS) is 22.5. The molecule has 0 bridgehead atoms. The van der Waals surface area contributed by atoms with E-state index >= 15 is 0 Å². The van der Waals surface area contributed by atoms with Crippen LogP contribution in [0.2, 0.25) is 0 Å². The molecule has 0 aliphatic heterocycles. The third-order valence-corrected chi connectivity index (χ3v) is 5.49. The van der Waals surface area contributed by atoms with Crippen LogP contribution in [0.3, 0.4) is 0 Å². The Morgan fingerprint density at radius 2 is 2.04 bits per heavy atom. The lowest BCUT2D eigenvalue weighted by Crippen LogP contribution is -2.27. The molecule has 26 heavy (non-hydrogen) atoms. The van der Waals surface area contributed by atoms with Crippen LogP contribution in [0, 0.1) is 17.3 Å². The summed E-state index contributed by atoms with van der Waals surface area (Å²) in [4.78, 5) is 22.7. The molecule has 0 heterocycles. The molecule has 0 aromatic carbocycles. The van der Waals surface area contributed by atoms with Crippen molar-refractivity contribution in [3.05, 3.63) is 24.3 Å². The number of ketones is 1. The quantitative estimate of drug-likeness (QED) is 0.381. The van der Waals surface area contributed by atoms with Gasteiger partial charge < -0.3 is 10.2 Å². The summed E-state index contributed by atoms with van der Waals surface area (Å²) < 4.78 is 0. The van der Waals surface area contributed by atoms with Gasteiger partial charge in [-0.2, -0.15) is 0 Å². The molecule has 4 heteroatoms. The van der Waals surface area contributed by atoms with Gasteiger partial charge in [-0.1, -0.05) is 57.9 Å². The molecule has 0 unspecified atom stereocenters. The van der Waals surface area contributed by atoms with Gasteiger partial charge in [-0.3, -0.25) is 9.59 Å². The van der Waals surface area contributed by atoms with Crippen molar-refractivity contribution in [3.63, 3.8) is 0 Å². The van der Waals surface area contributed by atoms with Crippen molar-refractivity contribution in [2.45, 2.75) is 84.7 Å². The van der Waals surface area contributed by atoms with Crippen molar-refractivity contribution in [1.29, 1.82) is 0 Å². The first kappa shape index (κ1) is 22.6. The van der Waals surface area contributed by atoms with Crippen molar-refractivity contribution in [2.75, 3.05) is 0 Å². The van der Waals surface area contributed by atoms with E-state index < -0.39 is 12.1 Å². The standard InChI is InChI=1S/C22H36O4/c1-4-5-16-22(2,3)20(24)15-13-17-12-14-19(23)18(17)10-8-6-7-9-11-21(25)26/h6,8,13,15,17-18,20,24H,4-5,7,9-12,14,16H2,1-3H3,(H,25,26)/b8-6+,15-13+/t17-,18-,20-/m1/s1. The summed E-state index contributed by atoms with van der Waals surface area (Å²) in [5.41, 5.74) is -0.144. The van der Waals surface area contributed by atoms with E-state index in [0.717, 1.165) is 32.1 Å². The number of unbranched alkanes of at least 4 members (excludes halogenated alkanes) is 2. The van der Waals surface area contributed by atoms with Crippen molar-refractivity contribution in [2.24, 2.45) is 17.3 Å².